The molecule has 0 fully saturated rings. The van der Waals surface area contributed by atoms with Crippen molar-refractivity contribution in [2.45, 2.75) is 50.6 Å². The topological polar surface area (TPSA) is 96.0 Å². The molecule has 0 aliphatic heterocycles. The summed E-state index contributed by atoms with van der Waals surface area (Å²) in [5, 5.41) is 3.92. The van der Waals surface area contributed by atoms with Gasteiger partial charge in [-0.05, 0) is 73.0 Å². The molecule has 0 aliphatic rings. The third-order valence-electron chi connectivity index (χ3n) is 6.59. The molecule has 0 radical (unpaired) electrons. The van der Waals surface area contributed by atoms with Crippen LogP contribution in [0, 0.1) is 0 Å². The third-order valence-corrected chi connectivity index (χ3v) is 9.20. The van der Waals surface area contributed by atoms with Crippen LogP contribution in [0.5, 0.6) is 5.75 Å². The number of anilines is 1. The van der Waals surface area contributed by atoms with Crippen LogP contribution in [0.3, 0.4) is 0 Å². The Labute approximate surface area is 262 Å². The van der Waals surface area contributed by atoms with Crippen LogP contribution < -0.4 is 14.4 Å². The molecule has 8 nitrogen and oxygen atoms in total. The van der Waals surface area contributed by atoms with Crippen LogP contribution in [0.15, 0.2) is 71.6 Å². The van der Waals surface area contributed by atoms with Crippen molar-refractivity contribution in [3.8, 4) is 5.75 Å². The summed E-state index contributed by atoms with van der Waals surface area (Å²) in [5.74, 6) is -0.461. The van der Waals surface area contributed by atoms with Gasteiger partial charge >= 0.3 is 0 Å². The minimum atomic E-state index is -4.25. The van der Waals surface area contributed by atoms with Gasteiger partial charge in [-0.15, -0.1) is 0 Å². The first-order chi connectivity index (χ1) is 20.0. The Balaban J connectivity index is 2.06. The van der Waals surface area contributed by atoms with Crippen LogP contribution in [0.25, 0.3) is 0 Å². The van der Waals surface area contributed by atoms with Crippen molar-refractivity contribution in [2.75, 3.05) is 24.5 Å². The monoisotopic (exact) mass is 653 g/mol. The Hall–Kier alpha value is -2.98. The fraction of sp³-hybridized carbons (Fsp3) is 0.333. The van der Waals surface area contributed by atoms with E-state index in [9.17, 15) is 18.0 Å². The van der Waals surface area contributed by atoms with Crippen LogP contribution in [0.4, 0.5) is 5.69 Å². The molecule has 0 heterocycles. The van der Waals surface area contributed by atoms with Gasteiger partial charge < -0.3 is 15.0 Å². The average molecular weight is 655 g/mol. The Kier molecular flexibility index (Phi) is 12.4. The van der Waals surface area contributed by atoms with Gasteiger partial charge in [0.2, 0.25) is 11.8 Å². The molecule has 3 aromatic carbocycles. The van der Waals surface area contributed by atoms with Crippen LogP contribution in [0.2, 0.25) is 15.1 Å². The molecule has 0 saturated carbocycles. The van der Waals surface area contributed by atoms with Crippen LogP contribution in [-0.4, -0.2) is 51.4 Å². The SMILES string of the molecule is CCCCNC(=O)[C@H](CC)N(Cc1ccc(Cl)cc1Cl)C(=O)CN(c1cccc(Cl)c1)S(=O)(=O)c1ccc(OC)cc1. The first-order valence-corrected chi connectivity index (χ1v) is 16.0. The summed E-state index contributed by atoms with van der Waals surface area (Å²) in [4.78, 5) is 28.7. The van der Waals surface area contributed by atoms with Crippen molar-refractivity contribution in [3.63, 3.8) is 0 Å². The molecule has 12 heteroatoms. The van der Waals surface area contributed by atoms with E-state index in [1.807, 2.05) is 6.92 Å². The molecule has 0 spiro atoms. The van der Waals surface area contributed by atoms with Crippen molar-refractivity contribution in [1.29, 1.82) is 0 Å². The van der Waals surface area contributed by atoms with Gasteiger partial charge in [-0.25, -0.2) is 8.42 Å². The maximum atomic E-state index is 14.1. The van der Waals surface area contributed by atoms with E-state index in [0.29, 0.717) is 32.9 Å². The zero-order valence-electron chi connectivity index (χ0n) is 23.6. The van der Waals surface area contributed by atoms with Gasteiger partial charge in [-0.2, -0.15) is 0 Å². The minimum Gasteiger partial charge on any atom is -0.497 e. The van der Waals surface area contributed by atoms with Crippen LogP contribution >= 0.6 is 34.8 Å². The highest BCUT2D eigenvalue weighted by Crippen LogP contribution is 2.29. The van der Waals surface area contributed by atoms with Gasteiger partial charge in [0, 0.05) is 28.2 Å². The summed E-state index contributed by atoms with van der Waals surface area (Å²) in [6.07, 6.45) is 1.96. The summed E-state index contributed by atoms with van der Waals surface area (Å²) in [6, 6.07) is 16.0. The van der Waals surface area contributed by atoms with E-state index in [4.69, 9.17) is 39.5 Å². The molecule has 0 saturated heterocycles. The number of ether oxygens (including phenoxy) is 1. The third kappa shape index (κ3) is 8.53. The fourth-order valence-corrected chi connectivity index (χ4v) is 6.35. The highest BCUT2D eigenvalue weighted by atomic mass is 35.5. The molecule has 226 valence electrons. The highest BCUT2D eigenvalue weighted by Gasteiger charge is 2.34. The molecule has 0 unspecified atom stereocenters. The quantitative estimate of drug-likeness (QED) is 0.198. The van der Waals surface area contributed by atoms with E-state index >= 15 is 0 Å². The normalized spacial score (nSPS) is 12.0. The number of nitrogens with one attached hydrogen (secondary N) is 1. The Morgan fingerprint density at radius 1 is 0.952 bits per heavy atom. The van der Waals surface area contributed by atoms with E-state index in [2.05, 4.69) is 5.32 Å². The zero-order chi connectivity index (χ0) is 30.9. The molecule has 1 atom stereocenters. The average Bonchev–Trinajstić information content (AvgIpc) is 2.96. The van der Waals surface area contributed by atoms with Crippen LogP contribution in [-0.2, 0) is 26.2 Å². The first kappa shape index (κ1) is 33.5. The summed E-state index contributed by atoms with van der Waals surface area (Å²) in [5.41, 5.74) is 0.748. The van der Waals surface area contributed by atoms with Crippen molar-refractivity contribution >= 4 is 62.3 Å². The molecule has 0 aliphatic carbocycles. The Bertz CT molecular complexity index is 1490. The van der Waals surface area contributed by atoms with E-state index in [-0.39, 0.29) is 29.5 Å². The predicted molar refractivity (Wildman–Crippen MR) is 168 cm³/mol. The Morgan fingerprint density at radius 3 is 2.24 bits per heavy atom. The standard InChI is InChI=1S/C30H34Cl3N3O5S/c1-4-6-16-34-30(38)28(5-2)35(19-21-10-11-23(32)18-27(21)33)29(37)20-36(24-9-7-8-22(31)17-24)42(39,40)26-14-12-25(41-3)13-15-26/h7-15,17-18,28H,4-6,16,19-20H2,1-3H3,(H,34,38)/t28-/m0/s1. The molecule has 0 bridgehead atoms. The molecule has 3 aromatic rings. The molecular formula is C30H34Cl3N3O5S. The second kappa shape index (κ2) is 15.5. The van der Waals surface area contributed by atoms with Gasteiger partial charge in [0.1, 0.15) is 18.3 Å². The number of carbonyl (C=O) groups is 2. The van der Waals surface area contributed by atoms with Gasteiger partial charge in [-0.3, -0.25) is 13.9 Å². The lowest BCUT2D eigenvalue weighted by Gasteiger charge is -2.33. The molecule has 42 heavy (non-hydrogen) atoms. The van der Waals surface area contributed by atoms with Gasteiger partial charge in [0.15, 0.2) is 0 Å². The number of nitrogens with zero attached hydrogens (tertiary/aromatic N) is 2. The van der Waals surface area contributed by atoms with Crippen molar-refractivity contribution in [3.05, 3.63) is 87.4 Å². The molecule has 1 N–H and O–H groups in total. The first-order valence-electron chi connectivity index (χ1n) is 13.4. The predicted octanol–water partition coefficient (Wildman–Crippen LogP) is 6.57. The summed E-state index contributed by atoms with van der Waals surface area (Å²) in [7, 11) is -2.78. The number of unbranched alkanes of at least 4 members (excludes halogenated alkanes) is 1. The lowest BCUT2D eigenvalue weighted by Crippen LogP contribution is -2.52. The number of benzene rings is 3. The number of hydrogen-bond acceptors (Lipinski definition) is 5. The maximum Gasteiger partial charge on any atom is 0.264 e. The fourth-order valence-electron chi connectivity index (χ4n) is 4.29. The van der Waals surface area contributed by atoms with Crippen molar-refractivity contribution in [2.24, 2.45) is 0 Å². The number of hydrogen-bond donors (Lipinski definition) is 1. The summed E-state index contributed by atoms with van der Waals surface area (Å²) in [6.45, 7) is 3.61. The summed E-state index contributed by atoms with van der Waals surface area (Å²) < 4.78 is 34.1. The second-order valence-electron chi connectivity index (χ2n) is 9.49. The van der Waals surface area contributed by atoms with Crippen molar-refractivity contribution in [1.82, 2.24) is 10.2 Å². The van der Waals surface area contributed by atoms with E-state index in [0.717, 1.165) is 17.1 Å². The van der Waals surface area contributed by atoms with Gasteiger partial charge in [-0.1, -0.05) is 67.2 Å². The Morgan fingerprint density at radius 2 is 1.64 bits per heavy atom. The highest BCUT2D eigenvalue weighted by molar-refractivity contribution is 7.92. The van der Waals surface area contributed by atoms with E-state index in [1.165, 1.54) is 42.3 Å². The number of halogens is 3. The lowest BCUT2D eigenvalue weighted by atomic mass is 10.1. The number of amides is 2. The molecule has 0 aromatic heterocycles. The maximum absolute atomic E-state index is 14.1. The minimum absolute atomic E-state index is 0.0412. The van der Waals surface area contributed by atoms with Crippen LogP contribution in [0.1, 0.15) is 38.7 Å². The lowest BCUT2D eigenvalue weighted by molar-refractivity contribution is -0.140. The number of carbonyl (C=O) groups excluding carboxylic acids is 2. The smallest absolute Gasteiger partial charge is 0.264 e. The molecule has 2 amide bonds. The second-order valence-corrected chi connectivity index (χ2v) is 12.6. The van der Waals surface area contributed by atoms with E-state index < -0.39 is 28.5 Å². The number of methoxy groups -OCH3 is 1. The molecule has 3 rings (SSSR count). The number of rotatable bonds is 14. The van der Waals surface area contributed by atoms with Crippen molar-refractivity contribution < 1.29 is 22.7 Å². The summed E-state index contributed by atoms with van der Waals surface area (Å²) >= 11 is 18.8. The van der Waals surface area contributed by atoms with E-state index in [1.54, 1.807) is 43.3 Å². The number of sulfonamides is 1. The van der Waals surface area contributed by atoms with Gasteiger partial charge in [0.05, 0.1) is 17.7 Å². The zero-order valence-corrected chi connectivity index (χ0v) is 26.7. The van der Waals surface area contributed by atoms with Gasteiger partial charge in [0.25, 0.3) is 10.0 Å². The largest absolute Gasteiger partial charge is 0.497 e. The molecular weight excluding hydrogens is 621 g/mol.